The molecule has 1 atom stereocenters. The molecule has 0 saturated heterocycles. The summed E-state index contributed by atoms with van der Waals surface area (Å²) in [5.41, 5.74) is 4.45. The van der Waals surface area contributed by atoms with E-state index in [1.54, 1.807) is 12.4 Å². The number of para-hydroxylation sites is 1. The number of benzene rings is 1. The van der Waals surface area contributed by atoms with Gasteiger partial charge in [-0.3, -0.25) is 14.3 Å². The first-order chi connectivity index (χ1) is 14.6. The summed E-state index contributed by atoms with van der Waals surface area (Å²) in [4.78, 5) is 16.7. The van der Waals surface area contributed by atoms with Gasteiger partial charge in [-0.25, -0.2) is 0 Å². The maximum absolute atomic E-state index is 12.5. The van der Waals surface area contributed by atoms with Crippen LogP contribution in [-0.2, 0) is 17.6 Å². The monoisotopic (exact) mass is 423 g/mol. The molecule has 0 aliphatic carbocycles. The fourth-order valence-corrected chi connectivity index (χ4v) is 4.21. The SMILES string of the molecule is CCCNC(=O)C(C)Sc1nnc(-c2cccnc2)n1-c1c(CC)cccc1CC. The maximum atomic E-state index is 12.5. The lowest BCUT2D eigenvalue weighted by molar-refractivity contribution is -0.120. The molecule has 0 bridgehead atoms. The number of nitrogens with zero attached hydrogens (tertiary/aromatic N) is 4. The van der Waals surface area contributed by atoms with Gasteiger partial charge in [0.2, 0.25) is 5.91 Å². The molecule has 0 saturated carbocycles. The lowest BCUT2D eigenvalue weighted by Crippen LogP contribution is -2.31. The van der Waals surface area contributed by atoms with Crippen LogP contribution in [0.25, 0.3) is 17.1 Å². The maximum Gasteiger partial charge on any atom is 0.233 e. The highest BCUT2D eigenvalue weighted by Crippen LogP contribution is 2.33. The molecule has 0 radical (unpaired) electrons. The number of rotatable bonds is 9. The second-order valence-corrected chi connectivity index (χ2v) is 8.37. The number of aromatic nitrogens is 4. The van der Waals surface area contributed by atoms with Crippen LogP contribution in [0.3, 0.4) is 0 Å². The lowest BCUT2D eigenvalue weighted by atomic mass is 10.0. The van der Waals surface area contributed by atoms with E-state index in [4.69, 9.17) is 0 Å². The minimum atomic E-state index is -0.278. The van der Waals surface area contributed by atoms with Crippen LogP contribution in [0.2, 0.25) is 0 Å². The normalized spacial score (nSPS) is 12.0. The Morgan fingerprint density at radius 1 is 1.10 bits per heavy atom. The molecule has 7 heteroatoms. The van der Waals surface area contributed by atoms with E-state index in [1.807, 2.05) is 26.0 Å². The fraction of sp³-hybridized carbons (Fsp3) is 0.391. The van der Waals surface area contributed by atoms with Gasteiger partial charge < -0.3 is 5.32 Å². The second-order valence-electron chi connectivity index (χ2n) is 7.07. The summed E-state index contributed by atoms with van der Waals surface area (Å²) in [7, 11) is 0. The van der Waals surface area contributed by atoms with Gasteiger partial charge in [-0.15, -0.1) is 10.2 Å². The quantitative estimate of drug-likeness (QED) is 0.515. The third kappa shape index (κ3) is 4.73. The summed E-state index contributed by atoms with van der Waals surface area (Å²) in [6.45, 7) is 8.93. The third-order valence-corrected chi connectivity index (χ3v) is 5.98. The van der Waals surface area contributed by atoms with Crippen molar-refractivity contribution in [1.82, 2.24) is 25.1 Å². The molecule has 0 fully saturated rings. The highest BCUT2D eigenvalue weighted by molar-refractivity contribution is 8.00. The van der Waals surface area contributed by atoms with Crippen LogP contribution >= 0.6 is 11.8 Å². The topological polar surface area (TPSA) is 72.7 Å². The van der Waals surface area contributed by atoms with Gasteiger partial charge in [0, 0.05) is 24.5 Å². The summed E-state index contributed by atoms with van der Waals surface area (Å²) < 4.78 is 2.10. The van der Waals surface area contributed by atoms with Crippen molar-refractivity contribution in [2.24, 2.45) is 0 Å². The Morgan fingerprint density at radius 2 is 1.83 bits per heavy atom. The number of pyridine rings is 1. The number of hydrogen-bond donors (Lipinski definition) is 1. The number of hydrogen-bond acceptors (Lipinski definition) is 5. The summed E-state index contributed by atoms with van der Waals surface area (Å²) in [5.74, 6) is 0.751. The van der Waals surface area contributed by atoms with Crippen molar-refractivity contribution >= 4 is 17.7 Å². The van der Waals surface area contributed by atoms with Crippen LogP contribution in [0.15, 0.2) is 47.9 Å². The molecule has 2 heterocycles. The van der Waals surface area contributed by atoms with E-state index < -0.39 is 0 Å². The molecule has 6 nitrogen and oxygen atoms in total. The van der Waals surface area contributed by atoms with Gasteiger partial charge in [-0.2, -0.15) is 0 Å². The molecule has 0 aliphatic rings. The fourth-order valence-electron chi connectivity index (χ4n) is 3.34. The summed E-state index contributed by atoms with van der Waals surface area (Å²) in [6, 6.07) is 10.3. The van der Waals surface area contributed by atoms with E-state index in [0.29, 0.717) is 11.7 Å². The molecule has 1 amide bonds. The van der Waals surface area contributed by atoms with E-state index in [1.165, 1.54) is 22.9 Å². The molecule has 30 heavy (non-hydrogen) atoms. The Hall–Kier alpha value is -2.67. The van der Waals surface area contributed by atoms with Gasteiger partial charge >= 0.3 is 0 Å². The zero-order chi connectivity index (χ0) is 21.5. The summed E-state index contributed by atoms with van der Waals surface area (Å²) in [5, 5.41) is 12.4. The average Bonchev–Trinajstić information content (AvgIpc) is 3.20. The van der Waals surface area contributed by atoms with Gasteiger partial charge in [-0.1, -0.05) is 50.7 Å². The number of amides is 1. The van der Waals surface area contributed by atoms with Crippen LogP contribution < -0.4 is 5.32 Å². The lowest BCUT2D eigenvalue weighted by Gasteiger charge is -2.19. The van der Waals surface area contributed by atoms with Gasteiger partial charge in [0.1, 0.15) is 0 Å². The standard InChI is InChI=1S/C23H29N5OS/c1-5-13-25-22(29)16(4)30-23-27-26-21(19-12-9-14-24-15-19)28(23)20-17(6-2)10-8-11-18(20)7-3/h8-12,14-16H,5-7,13H2,1-4H3,(H,25,29). The zero-order valence-electron chi connectivity index (χ0n) is 18.1. The van der Waals surface area contributed by atoms with Crippen LogP contribution in [0.5, 0.6) is 0 Å². The van der Waals surface area contributed by atoms with E-state index in [0.717, 1.165) is 36.3 Å². The minimum Gasteiger partial charge on any atom is -0.355 e. The summed E-state index contributed by atoms with van der Waals surface area (Å²) >= 11 is 1.43. The molecule has 158 valence electrons. The van der Waals surface area contributed by atoms with Crippen molar-refractivity contribution < 1.29 is 4.79 Å². The largest absolute Gasteiger partial charge is 0.355 e. The van der Waals surface area contributed by atoms with E-state index >= 15 is 0 Å². The third-order valence-electron chi connectivity index (χ3n) is 4.94. The number of carbonyl (C=O) groups excluding carboxylic acids is 1. The Balaban J connectivity index is 2.13. The van der Waals surface area contributed by atoms with Crippen molar-refractivity contribution in [3.05, 3.63) is 53.9 Å². The molecule has 1 N–H and O–H groups in total. The van der Waals surface area contributed by atoms with E-state index in [9.17, 15) is 4.79 Å². The van der Waals surface area contributed by atoms with Crippen molar-refractivity contribution in [3.8, 4) is 17.1 Å². The van der Waals surface area contributed by atoms with Gasteiger partial charge in [0.05, 0.1) is 10.9 Å². The van der Waals surface area contributed by atoms with Gasteiger partial charge in [0.15, 0.2) is 11.0 Å². The van der Waals surface area contributed by atoms with Crippen LogP contribution in [0, 0.1) is 0 Å². The predicted octanol–water partition coefficient (Wildman–Crippen LogP) is 4.46. The number of nitrogens with one attached hydrogen (secondary N) is 1. The molecular weight excluding hydrogens is 394 g/mol. The molecule has 3 rings (SSSR count). The van der Waals surface area contributed by atoms with Gasteiger partial charge in [0.25, 0.3) is 0 Å². The Bertz CT molecular complexity index is 964. The first-order valence-corrected chi connectivity index (χ1v) is 11.4. The first-order valence-electron chi connectivity index (χ1n) is 10.5. The molecule has 1 aromatic carbocycles. The average molecular weight is 424 g/mol. The number of thioether (sulfide) groups is 1. The number of aryl methyl sites for hydroxylation is 2. The minimum absolute atomic E-state index is 0.0128. The van der Waals surface area contributed by atoms with Crippen molar-refractivity contribution in [2.45, 2.75) is 57.4 Å². The molecular formula is C23H29N5OS. The van der Waals surface area contributed by atoms with Gasteiger partial charge in [-0.05, 0) is 49.4 Å². The molecule has 0 aliphatic heterocycles. The van der Waals surface area contributed by atoms with E-state index in [2.05, 4.69) is 57.1 Å². The predicted molar refractivity (Wildman–Crippen MR) is 122 cm³/mol. The van der Waals surface area contributed by atoms with Crippen molar-refractivity contribution in [3.63, 3.8) is 0 Å². The molecule has 3 aromatic rings. The van der Waals surface area contributed by atoms with Crippen LogP contribution in [0.4, 0.5) is 0 Å². The van der Waals surface area contributed by atoms with Crippen molar-refractivity contribution in [1.29, 1.82) is 0 Å². The first kappa shape index (κ1) is 22.0. The highest BCUT2D eigenvalue weighted by atomic mass is 32.2. The number of carbonyl (C=O) groups is 1. The second kappa shape index (κ2) is 10.4. The Labute approximate surface area is 182 Å². The zero-order valence-corrected chi connectivity index (χ0v) is 18.9. The molecule has 1 unspecified atom stereocenters. The highest BCUT2D eigenvalue weighted by Gasteiger charge is 2.24. The molecule has 0 spiro atoms. The molecule has 2 aromatic heterocycles. The van der Waals surface area contributed by atoms with Crippen molar-refractivity contribution in [2.75, 3.05) is 6.54 Å². The van der Waals surface area contributed by atoms with Crippen LogP contribution in [0.1, 0.15) is 45.2 Å². The van der Waals surface area contributed by atoms with E-state index in [-0.39, 0.29) is 11.2 Å². The smallest absolute Gasteiger partial charge is 0.233 e. The van der Waals surface area contributed by atoms with Crippen LogP contribution in [-0.4, -0.2) is 37.5 Å². The Morgan fingerprint density at radius 3 is 2.43 bits per heavy atom. The Kier molecular flexibility index (Phi) is 7.63. The summed E-state index contributed by atoms with van der Waals surface area (Å²) in [6.07, 6.45) is 6.24.